The summed E-state index contributed by atoms with van der Waals surface area (Å²) in [5.41, 5.74) is 3.15. The molecule has 0 aromatic heterocycles. The molecule has 0 unspecified atom stereocenters. The molecule has 2 aromatic carbocycles. The Hall–Kier alpha value is -3.26. The van der Waals surface area contributed by atoms with Gasteiger partial charge in [0.15, 0.2) is 5.78 Å². The Morgan fingerprint density at radius 3 is 2.21 bits per heavy atom. The third-order valence-corrected chi connectivity index (χ3v) is 9.01. The van der Waals surface area contributed by atoms with Gasteiger partial charge in [-0.05, 0) is 73.1 Å². The zero-order valence-corrected chi connectivity index (χ0v) is 25.2. The molecule has 2 fully saturated rings. The van der Waals surface area contributed by atoms with Crippen LogP contribution in [0.5, 0.6) is 0 Å². The van der Waals surface area contributed by atoms with E-state index in [4.69, 9.17) is 0 Å². The number of anilines is 1. The quantitative estimate of drug-likeness (QED) is 0.455. The number of hydrogen-bond donors (Lipinski definition) is 2. The van der Waals surface area contributed by atoms with Crippen LogP contribution in [-0.2, 0) is 27.2 Å². The van der Waals surface area contributed by atoms with Gasteiger partial charge in [-0.2, -0.15) is 0 Å². The average molecular weight is 578 g/mol. The molecule has 2 aliphatic heterocycles. The molecular weight excluding hydrogens is 533 g/mol. The Balaban J connectivity index is 1.53. The number of ketones is 1. The molecule has 1 aliphatic carbocycles. The lowest BCUT2D eigenvalue weighted by atomic mass is 9.86. The van der Waals surface area contributed by atoms with E-state index in [1.165, 1.54) is 22.1 Å². The minimum atomic E-state index is -1.20. The molecule has 0 saturated carbocycles. The summed E-state index contributed by atoms with van der Waals surface area (Å²) in [6.07, 6.45) is 2.73. The molecule has 3 atom stereocenters. The average Bonchev–Trinajstić information content (AvgIpc) is 3.37. The number of piperazine rings is 1. The zero-order valence-electron chi connectivity index (χ0n) is 25.2. The van der Waals surface area contributed by atoms with Crippen LogP contribution in [0.25, 0.3) is 0 Å². The Labute approximate surface area is 248 Å². The van der Waals surface area contributed by atoms with Crippen LogP contribution in [0.15, 0.2) is 42.5 Å². The van der Waals surface area contributed by atoms with E-state index < -0.39 is 23.9 Å². The number of rotatable bonds is 9. The van der Waals surface area contributed by atoms with Gasteiger partial charge in [0.2, 0.25) is 11.8 Å². The summed E-state index contributed by atoms with van der Waals surface area (Å²) in [6.45, 7) is 9.03. The third kappa shape index (κ3) is 6.24. The first-order valence-corrected chi connectivity index (χ1v) is 15.5. The number of piperidine rings is 1. The first-order valence-electron chi connectivity index (χ1n) is 15.5. The van der Waals surface area contributed by atoms with Gasteiger partial charge in [-0.3, -0.25) is 14.4 Å². The molecule has 2 amide bonds. The van der Waals surface area contributed by atoms with Gasteiger partial charge in [-0.15, -0.1) is 0 Å². The van der Waals surface area contributed by atoms with E-state index >= 15 is 4.39 Å². The van der Waals surface area contributed by atoms with Gasteiger partial charge in [-0.1, -0.05) is 58.0 Å². The van der Waals surface area contributed by atoms with E-state index in [1.54, 1.807) is 12.1 Å². The number of nitrogens with one attached hydrogen (secondary N) is 1. The predicted molar refractivity (Wildman–Crippen MR) is 160 cm³/mol. The number of aliphatic hydroxyl groups excluding tert-OH is 1. The minimum Gasteiger partial charge on any atom is -0.393 e. The van der Waals surface area contributed by atoms with Gasteiger partial charge in [-0.25, -0.2) is 4.39 Å². The maximum Gasteiger partial charge on any atom is 0.247 e. The molecule has 2 N–H and O–H groups in total. The minimum absolute atomic E-state index is 0.000456. The van der Waals surface area contributed by atoms with Gasteiger partial charge in [0.25, 0.3) is 0 Å². The highest BCUT2D eigenvalue weighted by atomic mass is 19.1. The summed E-state index contributed by atoms with van der Waals surface area (Å²) in [6, 6.07) is 10.0. The number of hydrogen-bond acceptors (Lipinski definition) is 5. The van der Waals surface area contributed by atoms with E-state index in [1.807, 2.05) is 44.7 Å². The third-order valence-electron chi connectivity index (χ3n) is 9.01. The molecule has 42 heavy (non-hydrogen) atoms. The van der Waals surface area contributed by atoms with Gasteiger partial charge in [0, 0.05) is 30.8 Å². The van der Waals surface area contributed by atoms with Crippen molar-refractivity contribution in [3.63, 3.8) is 0 Å². The number of carbonyl (C=O) groups excluding carboxylic acids is 3. The van der Waals surface area contributed by atoms with Crippen LogP contribution in [0.4, 0.5) is 10.1 Å². The predicted octanol–water partition coefficient (Wildman–Crippen LogP) is 4.60. The Kier molecular flexibility index (Phi) is 9.02. The van der Waals surface area contributed by atoms with E-state index in [-0.39, 0.29) is 53.4 Å². The van der Waals surface area contributed by atoms with Crippen molar-refractivity contribution in [2.45, 2.75) is 90.4 Å². The van der Waals surface area contributed by atoms with Crippen molar-refractivity contribution >= 4 is 23.3 Å². The van der Waals surface area contributed by atoms with Crippen molar-refractivity contribution < 1.29 is 23.9 Å². The van der Waals surface area contributed by atoms with Crippen molar-refractivity contribution in [2.24, 2.45) is 17.8 Å². The Morgan fingerprint density at radius 1 is 1.00 bits per heavy atom. The van der Waals surface area contributed by atoms with Crippen LogP contribution < -0.4 is 10.2 Å². The van der Waals surface area contributed by atoms with Crippen LogP contribution in [-0.4, -0.2) is 58.9 Å². The van der Waals surface area contributed by atoms with Crippen molar-refractivity contribution in [3.05, 3.63) is 65.0 Å². The maximum absolute atomic E-state index is 16.1. The smallest absolute Gasteiger partial charge is 0.247 e. The molecule has 2 aromatic rings. The van der Waals surface area contributed by atoms with Gasteiger partial charge in [0.05, 0.1) is 6.10 Å². The van der Waals surface area contributed by atoms with Crippen molar-refractivity contribution in [2.75, 3.05) is 18.0 Å². The second-order valence-corrected chi connectivity index (χ2v) is 13.2. The SMILES string of the molecule is CC(C)CC(=O)[C@@H](c1ccc(N2CCC(O)CC2)cc1F)N1C(=O)[C@@H](C2Cc3ccccc3C2)NC(=O)[C@H]1CC(C)C. The topological polar surface area (TPSA) is 90.0 Å². The van der Waals surface area contributed by atoms with Crippen molar-refractivity contribution in [3.8, 4) is 0 Å². The molecule has 0 bridgehead atoms. The van der Waals surface area contributed by atoms with Crippen LogP contribution in [0, 0.1) is 23.6 Å². The fourth-order valence-electron chi connectivity index (χ4n) is 6.93. The van der Waals surface area contributed by atoms with Crippen LogP contribution in [0.1, 0.15) is 76.1 Å². The number of aliphatic hydroxyl groups is 1. The summed E-state index contributed by atoms with van der Waals surface area (Å²) >= 11 is 0. The highest BCUT2D eigenvalue weighted by molar-refractivity contribution is 6.00. The largest absolute Gasteiger partial charge is 0.393 e. The number of halogens is 1. The molecule has 2 heterocycles. The first-order chi connectivity index (χ1) is 20.0. The molecule has 5 rings (SSSR count). The number of fused-ring (bicyclic) bond motifs is 1. The van der Waals surface area contributed by atoms with Crippen LogP contribution in [0.3, 0.4) is 0 Å². The molecule has 7 nitrogen and oxygen atoms in total. The standard InChI is InChI=1S/C34H44FN3O4/c1-20(2)15-29-33(41)36-31(24-17-22-7-5-6-8-23(22)18-24)34(42)38(29)32(30(40)16-21(3)4)27-10-9-25(19-28(27)35)37-13-11-26(39)12-14-37/h5-10,19-21,24,26,29,31-32,39H,11-18H2,1-4H3,(H,36,41)/t29-,31-,32-/m1/s1. The van der Waals surface area contributed by atoms with E-state index in [2.05, 4.69) is 17.4 Å². The summed E-state index contributed by atoms with van der Waals surface area (Å²) in [5, 5.41) is 12.9. The van der Waals surface area contributed by atoms with Gasteiger partial charge >= 0.3 is 0 Å². The molecule has 0 radical (unpaired) electrons. The molecule has 8 heteroatoms. The fourth-order valence-corrected chi connectivity index (χ4v) is 6.93. The van der Waals surface area contributed by atoms with E-state index in [9.17, 15) is 19.5 Å². The summed E-state index contributed by atoms with van der Waals surface area (Å²) in [5.74, 6) is -1.48. The summed E-state index contributed by atoms with van der Waals surface area (Å²) in [4.78, 5) is 45.7. The monoisotopic (exact) mass is 577 g/mol. The molecule has 3 aliphatic rings. The van der Waals surface area contributed by atoms with Crippen LogP contribution in [0.2, 0.25) is 0 Å². The Morgan fingerprint density at radius 2 is 1.64 bits per heavy atom. The van der Waals surface area contributed by atoms with E-state index in [0.29, 0.717) is 50.9 Å². The number of nitrogens with zero attached hydrogens (tertiary/aromatic N) is 2. The summed E-state index contributed by atoms with van der Waals surface area (Å²) in [7, 11) is 0. The second-order valence-electron chi connectivity index (χ2n) is 13.2. The first kappa shape index (κ1) is 30.2. The number of carbonyl (C=O) groups is 3. The fraction of sp³-hybridized carbons (Fsp3) is 0.559. The van der Waals surface area contributed by atoms with Crippen LogP contribution >= 0.6 is 0 Å². The van der Waals surface area contributed by atoms with E-state index in [0.717, 1.165) is 0 Å². The maximum atomic E-state index is 16.1. The number of benzene rings is 2. The molecular formula is C34H44FN3O4. The normalized spacial score (nSPS) is 22.6. The van der Waals surface area contributed by atoms with Crippen molar-refractivity contribution in [1.29, 1.82) is 0 Å². The molecule has 2 saturated heterocycles. The second kappa shape index (κ2) is 12.5. The van der Waals surface area contributed by atoms with Gasteiger partial charge in [0.1, 0.15) is 23.9 Å². The number of amides is 2. The lowest BCUT2D eigenvalue weighted by Crippen LogP contribution is -2.66. The molecule has 0 spiro atoms. The van der Waals surface area contributed by atoms with Gasteiger partial charge < -0.3 is 20.2 Å². The zero-order chi connectivity index (χ0) is 30.1. The Bertz CT molecular complexity index is 1290. The molecule has 226 valence electrons. The lowest BCUT2D eigenvalue weighted by Gasteiger charge is -2.45. The van der Waals surface area contributed by atoms with Crippen molar-refractivity contribution in [1.82, 2.24) is 10.2 Å². The number of Topliss-reactive ketones (excluding diaryl/α,β-unsaturated/α-hetero) is 1. The lowest BCUT2D eigenvalue weighted by molar-refractivity contribution is -0.157. The highest BCUT2D eigenvalue weighted by Crippen LogP contribution is 2.38. The highest BCUT2D eigenvalue weighted by Gasteiger charge is 2.49. The summed E-state index contributed by atoms with van der Waals surface area (Å²) < 4.78 is 16.1.